The van der Waals surface area contributed by atoms with Crippen LogP contribution in [0.5, 0.6) is 0 Å². The fourth-order valence-corrected chi connectivity index (χ4v) is 4.10. The Labute approximate surface area is 148 Å². The second kappa shape index (κ2) is 6.57. The zero-order valence-electron chi connectivity index (χ0n) is 11.6. The van der Waals surface area contributed by atoms with Crippen molar-refractivity contribution in [1.29, 1.82) is 0 Å². The summed E-state index contributed by atoms with van der Waals surface area (Å²) in [5.74, 6) is -1.25. The van der Waals surface area contributed by atoms with Gasteiger partial charge in [0.1, 0.15) is 4.90 Å². The van der Waals surface area contributed by atoms with E-state index in [-0.39, 0.29) is 31.2 Å². The summed E-state index contributed by atoms with van der Waals surface area (Å²) in [6.07, 6.45) is 0. The van der Waals surface area contributed by atoms with Gasteiger partial charge in [0.15, 0.2) is 0 Å². The van der Waals surface area contributed by atoms with Gasteiger partial charge in [0.2, 0.25) is 0 Å². The molecule has 1 N–H and O–H groups in total. The summed E-state index contributed by atoms with van der Waals surface area (Å²) in [6.45, 7) is 0. The molecule has 122 valence electrons. The third-order valence-corrected chi connectivity index (χ3v) is 6.05. The van der Waals surface area contributed by atoms with E-state index in [1.165, 1.54) is 37.4 Å². The molecule has 0 bridgehead atoms. The Hall–Kier alpha value is -1.47. The molecule has 2 aromatic carbocycles. The zero-order valence-corrected chi connectivity index (χ0v) is 14.7. The molecule has 2 rings (SSSR count). The van der Waals surface area contributed by atoms with Crippen molar-refractivity contribution >= 4 is 56.5 Å². The number of carbonyl (C=O) groups is 1. The normalized spacial score (nSPS) is 11.3. The number of nitrogens with zero attached hydrogens (tertiary/aromatic N) is 1. The van der Waals surface area contributed by atoms with Gasteiger partial charge < -0.3 is 5.11 Å². The maximum atomic E-state index is 12.7. The molecule has 0 unspecified atom stereocenters. The highest BCUT2D eigenvalue weighted by molar-refractivity contribution is 7.93. The van der Waals surface area contributed by atoms with E-state index in [2.05, 4.69) is 0 Å². The van der Waals surface area contributed by atoms with Crippen molar-refractivity contribution in [2.45, 2.75) is 4.90 Å². The molecule has 0 atom stereocenters. The van der Waals surface area contributed by atoms with E-state index in [9.17, 15) is 18.3 Å². The maximum absolute atomic E-state index is 12.7. The largest absolute Gasteiger partial charge is 0.478 e. The van der Waals surface area contributed by atoms with Crippen LogP contribution in [-0.2, 0) is 10.0 Å². The summed E-state index contributed by atoms with van der Waals surface area (Å²) >= 11 is 17.6. The predicted octanol–water partition coefficient (Wildman–Crippen LogP) is 4.17. The fraction of sp³-hybridized carbons (Fsp3) is 0.0714. The Morgan fingerprint density at radius 3 is 2.22 bits per heavy atom. The first kappa shape index (κ1) is 17.9. The van der Waals surface area contributed by atoms with Gasteiger partial charge in [-0.3, -0.25) is 4.31 Å². The number of sulfonamides is 1. The number of hydrogen-bond donors (Lipinski definition) is 1. The predicted molar refractivity (Wildman–Crippen MR) is 90.5 cm³/mol. The van der Waals surface area contributed by atoms with Crippen LogP contribution in [0.15, 0.2) is 41.3 Å². The van der Waals surface area contributed by atoms with Gasteiger partial charge in [0, 0.05) is 7.05 Å². The van der Waals surface area contributed by atoms with Crippen LogP contribution in [0.4, 0.5) is 5.69 Å². The molecule has 0 aliphatic rings. The van der Waals surface area contributed by atoms with Crippen LogP contribution in [0.25, 0.3) is 0 Å². The molecule has 5 nitrogen and oxygen atoms in total. The number of rotatable bonds is 4. The molecule has 0 aliphatic carbocycles. The molecular formula is C14H10Cl3NO4S. The summed E-state index contributed by atoms with van der Waals surface area (Å²) in [7, 11) is -2.89. The van der Waals surface area contributed by atoms with E-state index in [1.54, 1.807) is 0 Å². The van der Waals surface area contributed by atoms with Crippen molar-refractivity contribution in [2.75, 3.05) is 11.4 Å². The molecule has 0 radical (unpaired) electrons. The average Bonchev–Trinajstić information content (AvgIpc) is 2.49. The van der Waals surface area contributed by atoms with Gasteiger partial charge >= 0.3 is 5.97 Å². The van der Waals surface area contributed by atoms with Gasteiger partial charge in [0.05, 0.1) is 26.3 Å². The van der Waals surface area contributed by atoms with Gasteiger partial charge in [-0.2, -0.15) is 0 Å². The average molecular weight is 395 g/mol. The number of carboxylic acid groups (broad SMARTS) is 1. The Balaban J connectivity index is 2.61. The highest BCUT2D eigenvalue weighted by Crippen LogP contribution is 2.34. The topological polar surface area (TPSA) is 74.7 Å². The van der Waals surface area contributed by atoms with E-state index in [0.717, 1.165) is 10.4 Å². The van der Waals surface area contributed by atoms with E-state index in [1.807, 2.05) is 0 Å². The first-order chi connectivity index (χ1) is 10.7. The molecule has 23 heavy (non-hydrogen) atoms. The summed E-state index contributed by atoms with van der Waals surface area (Å²) in [5.41, 5.74) is -0.156. The minimum absolute atomic E-state index is 0.00198. The Bertz CT molecular complexity index is 884. The summed E-state index contributed by atoms with van der Waals surface area (Å²) in [5, 5.41) is 9.23. The van der Waals surface area contributed by atoms with Crippen LogP contribution in [0.3, 0.4) is 0 Å². The van der Waals surface area contributed by atoms with Crippen LogP contribution in [-0.4, -0.2) is 26.5 Å². The molecule has 0 aliphatic heterocycles. The van der Waals surface area contributed by atoms with Crippen molar-refractivity contribution in [3.8, 4) is 0 Å². The quantitative estimate of drug-likeness (QED) is 0.790. The van der Waals surface area contributed by atoms with E-state index in [0.29, 0.717) is 0 Å². The van der Waals surface area contributed by atoms with E-state index in [4.69, 9.17) is 34.8 Å². The minimum Gasteiger partial charge on any atom is -0.478 e. The van der Waals surface area contributed by atoms with Crippen molar-refractivity contribution in [3.63, 3.8) is 0 Å². The molecule has 9 heteroatoms. The van der Waals surface area contributed by atoms with Crippen molar-refractivity contribution in [3.05, 3.63) is 57.0 Å². The standard InChI is InChI=1S/C14H10Cl3NO4S/c1-18(12-5-3-2-4-8(12)14(19)20)23(21,22)13-7-10(16)9(15)6-11(13)17/h2-7H,1H3,(H,19,20). The van der Waals surface area contributed by atoms with Crippen LogP contribution in [0, 0.1) is 0 Å². The van der Waals surface area contributed by atoms with Crippen LogP contribution < -0.4 is 4.31 Å². The lowest BCUT2D eigenvalue weighted by atomic mass is 10.2. The van der Waals surface area contributed by atoms with Gasteiger partial charge in [-0.25, -0.2) is 13.2 Å². The first-order valence-electron chi connectivity index (χ1n) is 6.12. The van der Waals surface area contributed by atoms with Gasteiger partial charge in [-0.05, 0) is 24.3 Å². The van der Waals surface area contributed by atoms with E-state index >= 15 is 0 Å². The van der Waals surface area contributed by atoms with Crippen molar-refractivity contribution < 1.29 is 18.3 Å². The van der Waals surface area contributed by atoms with Crippen LogP contribution >= 0.6 is 34.8 Å². The maximum Gasteiger partial charge on any atom is 0.337 e. The lowest BCUT2D eigenvalue weighted by Crippen LogP contribution is -2.28. The second-order valence-corrected chi connectivity index (χ2v) is 7.65. The number of hydrogen-bond acceptors (Lipinski definition) is 3. The molecule has 0 amide bonds. The van der Waals surface area contributed by atoms with E-state index < -0.39 is 16.0 Å². The first-order valence-corrected chi connectivity index (χ1v) is 8.69. The third kappa shape index (κ3) is 3.40. The molecule has 0 spiro atoms. The lowest BCUT2D eigenvalue weighted by Gasteiger charge is -2.22. The van der Waals surface area contributed by atoms with Crippen LogP contribution in [0.1, 0.15) is 10.4 Å². The highest BCUT2D eigenvalue weighted by Gasteiger charge is 2.27. The summed E-state index contributed by atoms with van der Waals surface area (Å²) in [6, 6.07) is 8.06. The molecule has 0 heterocycles. The SMILES string of the molecule is CN(c1ccccc1C(=O)O)S(=O)(=O)c1cc(Cl)c(Cl)cc1Cl. The molecular weight excluding hydrogens is 385 g/mol. The Morgan fingerprint density at radius 2 is 1.61 bits per heavy atom. The number of aromatic carboxylic acids is 1. The van der Waals surface area contributed by atoms with Crippen molar-refractivity contribution in [1.82, 2.24) is 0 Å². The fourth-order valence-electron chi connectivity index (χ4n) is 1.91. The highest BCUT2D eigenvalue weighted by atomic mass is 35.5. The minimum atomic E-state index is -4.12. The number of anilines is 1. The summed E-state index contributed by atoms with van der Waals surface area (Å²) in [4.78, 5) is 11.0. The smallest absolute Gasteiger partial charge is 0.337 e. The number of benzene rings is 2. The molecule has 2 aromatic rings. The lowest BCUT2D eigenvalue weighted by molar-refractivity contribution is 0.0698. The summed E-state index contributed by atoms with van der Waals surface area (Å²) < 4.78 is 26.3. The zero-order chi connectivity index (χ0) is 17.4. The second-order valence-electron chi connectivity index (χ2n) is 4.49. The van der Waals surface area contributed by atoms with Gasteiger partial charge in [0.25, 0.3) is 10.0 Å². The van der Waals surface area contributed by atoms with Gasteiger partial charge in [-0.1, -0.05) is 46.9 Å². The third-order valence-electron chi connectivity index (χ3n) is 3.09. The monoisotopic (exact) mass is 393 g/mol. The van der Waals surface area contributed by atoms with Gasteiger partial charge in [-0.15, -0.1) is 0 Å². The number of para-hydroxylation sites is 1. The molecule has 0 aromatic heterocycles. The molecule has 0 saturated carbocycles. The number of halogens is 3. The molecule has 0 fully saturated rings. The molecule has 0 saturated heterocycles. The van der Waals surface area contributed by atoms with Crippen LogP contribution in [0.2, 0.25) is 15.1 Å². The Kier molecular flexibility index (Phi) is 5.10. The number of carboxylic acids is 1. The van der Waals surface area contributed by atoms with Crippen molar-refractivity contribution in [2.24, 2.45) is 0 Å². The Morgan fingerprint density at radius 1 is 1.04 bits per heavy atom.